The summed E-state index contributed by atoms with van der Waals surface area (Å²) in [6.45, 7) is 3.71. The highest BCUT2D eigenvalue weighted by atomic mass is 16.2. The Balaban J connectivity index is 0.000000247. The highest BCUT2D eigenvalue weighted by Gasteiger charge is 2.34. The minimum atomic E-state index is -0.708. The predicted octanol–water partition coefficient (Wildman–Crippen LogP) is 5.77. The van der Waals surface area contributed by atoms with Gasteiger partial charge in [-0.25, -0.2) is 9.97 Å². The summed E-state index contributed by atoms with van der Waals surface area (Å²) >= 11 is 0. The van der Waals surface area contributed by atoms with Crippen LogP contribution in [0.4, 0.5) is 11.6 Å². The minimum absolute atomic E-state index is 0.0560. The van der Waals surface area contributed by atoms with E-state index < -0.39 is 23.9 Å². The molecule has 6 atom stereocenters. The molecule has 6 rings (SSSR count). The van der Waals surface area contributed by atoms with Crippen molar-refractivity contribution in [1.29, 1.82) is 0 Å². The van der Waals surface area contributed by atoms with Crippen molar-refractivity contribution in [3.63, 3.8) is 0 Å². The summed E-state index contributed by atoms with van der Waals surface area (Å²) in [4.78, 5) is 82.9. The highest BCUT2D eigenvalue weighted by Crippen LogP contribution is 2.35. The first-order chi connectivity index (χ1) is 31.6. The van der Waals surface area contributed by atoms with Crippen molar-refractivity contribution in [2.24, 2.45) is 35.1 Å². The van der Waals surface area contributed by atoms with Crippen molar-refractivity contribution in [3.8, 4) is 0 Å². The molecule has 4 amide bonds. The average Bonchev–Trinajstić information content (AvgIpc) is 3.97. The number of Topliss-reactive ketones (excluding diaryl/α,β-unsaturated/α-hetero) is 2. The molecule has 14 heteroatoms. The summed E-state index contributed by atoms with van der Waals surface area (Å²) in [5.41, 5.74) is 28.0. The maximum absolute atomic E-state index is 13.0. The molecule has 66 heavy (non-hydrogen) atoms. The van der Waals surface area contributed by atoms with E-state index in [9.17, 15) is 28.8 Å². The molecule has 0 bridgehead atoms. The quantitative estimate of drug-likeness (QED) is 0.0555. The summed E-state index contributed by atoms with van der Waals surface area (Å²) in [6.07, 6.45) is 9.23. The first-order valence-electron chi connectivity index (χ1n) is 23.4. The largest absolute Gasteiger partial charge is 0.384 e. The molecule has 10 N–H and O–H groups in total. The number of aryl methyl sites for hydroxylation is 4. The van der Waals surface area contributed by atoms with Gasteiger partial charge in [0.1, 0.15) is 11.6 Å². The van der Waals surface area contributed by atoms with Gasteiger partial charge in [0.2, 0.25) is 23.6 Å². The predicted molar refractivity (Wildman–Crippen MR) is 256 cm³/mol. The monoisotopic (exact) mass is 901 g/mol. The van der Waals surface area contributed by atoms with Crippen molar-refractivity contribution in [2.45, 2.75) is 129 Å². The topological polar surface area (TPSA) is 256 Å². The Kier molecular flexibility index (Phi) is 19.4. The molecule has 2 aromatic heterocycles. The number of aromatic nitrogens is 2. The van der Waals surface area contributed by atoms with Crippen LogP contribution in [-0.4, -0.2) is 57.2 Å². The molecule has 0 radical (unpaired) electrons. The molecule has 2 fully saturated rings. The van der Waals surface area contributed by atoms with Crippen LogP contribution >= 0.6 is 0 Å². The number of nitrogen functional groups attached to an aromatic ring is 2. The summed E-state index contributed by atoms with van der Waals surface area (Å²) in [5, 5.41) is 5.85. The molecule has 0 aliphatic heterocycles. The number of benzene rings is 2. The van der Waals surface area contributed by atoms with Crippen molar-refractivity contribution in [2.75, 3.05) is 11.5 Å². The fourth-order valence-corrected chi connectivity index (χ4v) is 9.28. The van der Waals surface area contributed by atoms with Crippen molar-refractivity contribution >= 4 is 46.8 Å². The van der Waals surface area contributed by atoms with Crippen LogP contribution in [-0.2, 0) is 54.5 Å². The molecule has 0 spiro atoms. The van der Waals surface area contributed by atoms with Gasteiger partial charge in [0.05, 0.1) is 12.1 Å². The number of anilines is 2. The number of carbonyl (C=O) groups is 6. The van der Waals surface area contributed by atoms with Gasteiger partial charge in [0.15, 0.2) is 11.6 Å². The van der Waals surface area contributed by atoms with Gasteiger partial charge >= 0.3 is 0 Å². The Morgan fingerprint density at radius 3 is 1.27 bits per heavy atom. The third-order valence-electron chi connectivity index (χ3n) is 13.0. The first-order valence-corrected chi connectivity index (χ1v) is 23.4. The zero-order chi connectivity index (χ0) is 47.6. The van der Waals surface area contributed by atoms with Gasteiger partial charge in [-0.05, 0) is 137 Å². The number of nitrogens with zero attached hydrogens (tertiary/aromatic N) is 2. The number of ketones is 2. The van der Waals surface area contributed by atoms with Gasteiger partial charge in [0.25, 0.3) is 0 Å². The molecule has 2 aliphatic carbocycles. The number of pyridine rings is 2. The minimum Gasteiger partial charge on any atom is -0.384 e. The van der Waals surface area contributed by atoms with Crippen molar-refractivity contribution in [1.82, 2.24) is 20.6 Å². The van der Waals surface area contributed by atoms with E-state index in [0.29, 0.717) is 36.3 Å². The highest BCUT2D eigenvalue weighted by molar-refractivity contribution is 5.91. The van der Waals surface area contributed by atoms with E-state index in [0.717, 1.165) is 73.9 Å². The van der Waals surface area contributed by atoms with Gasteiger partial charge in [-0.15, -0.1) is 0 Å². The van der Waals surface area contributed by atoms with E-state index >= 15 is 0 Å². The van der Waals surface area contributed by atoms with E-state index in [2.05, 4.69) is 44.9 Å². The number of hydrogen-bond acceptors (Lipinski definition) is 10. The second-order valence-corrected chi connectivity index (χ2v) is 18.2. The Morgan fingerprint density at radius 1 is 0.545 bits per heavy atom. The normalized spacial score (nSPS) is 18.6. The number of hydrogen-bond donors (Lipinski definition) is 6. The molecular weight excluding hydrogens is 833 g/mol. The summed E-state index contributed by atoms with van der Waals surface area (Å²) in [7, 11) is 0. The van der Waals surface area contributed by atoms with Gasteiger partial charge in [-0.3, -0.25) is 28.8 Å². The molecule has 0 unspecified atom stereocenters. The third-order valence-corrected chi connectivity index (χ3v) is 13.0. The standard InChI is InChI=1S/2C26H34N4O3/c2*1-17-20(10-13-24(27)29-17)9-12-23(31)22(11-14-25(28)32)30-26(33)21-8-7-19(16-21)15-18-5-3-2-4-6-18/h2*2-6,10,13,19,21-22H,7-9,11-12,14-16H2,1H3,(H2,27,29)(H2,28,32)(H,30,33)/t2*19-,21+,22-/m00/s1. The van der Waals surface area contributed by atoms with Crippen LogP contribution in [0.15, 0.2) is 84.9 Å². The molecular formula is C52H68N8O6. The molecule has 0 saturated heterocycles. The van der Waals surface area contributed by atoms with Crippen LogP contribution in [0.1, 0.15) is 111 Å². The lowest BCUT2D eigenvalue weighted by molar-refractivity contribution is -0.130. The Bertz CT molecular complexity index is 2110. The lowest BCUT2D eigenvalue weighted by Crippen LogP contribution is -2.44. The lowest BCUT2D eigenvalue weighted by atomic mass is 9.95. The molecule has 14 nitrogen and oxygen atoms in total. The van der Waals surface area contributed by atoms with Gasteiger partial charge in [-0.1, -0.05) is 72.8 Å². The SMILES string of the molecule is Cc1nc(N)ccc1CCC(=O)[C@H](CCC(N)=O)NC(=O)[C@@H]1CC[C@@H](Cc2ccccc2)C1.Cc1nc(N)ccc1CCC(=O)[C@H](CCC(N)=O)NC(=O)[C@@H]1CC[C@@H](Cc2ccccc2)C1. The summed E-state index contributed by atoms with van der Waals surface area (Å²) < 4.78 is 0. The molecule has 2 aromatic carbocycles. The van der Waals surface area contributed by atoms with E-state index in [1.807, 2.05) is 62.4 Å². The van der Waals surface area contributed by atoms with Gasteiger partial charge in [-0.2, -0.15) is 0 Å². The molecule has 4 aromatic rings. The molecule has 2 aliphatic rings. The first kappa shape index (κ1) is 50.6. The second-order valence-electron chi connectivity index (χ2n) is 18.2. The Hall–Kier alpha value is -6.44. The van der Waals surface area contributed by atoms with Crippen LogP contribution in [0.2, 0.25) is 0 Å². The smallest absolute Gasteiger partial charge is 0.223 e. The zero-order valence-electron chi connectivity index (χ0n) is 38.5. The summed E-state index contributed by atoms with van der Waals surface area (Å²) in [6, 6.07) is 26.3. The third kappa shape index (κ3) is 16.5. The van der Waals surface area contributed by atoms with E-state index in [1.54, 1.807) is 12.1 Å². The number of amides is 4. The fourth-order valence-electron chi connectivity index (χ4n) is 9.28. The fraction of sp³-hybridized carbons (Fsp3) is 0.462. The van der Waals surface area contributed by atoms with Crippen LogP contribution in [0.5, 0.6) is 0 Å². The maximum Gasteiger partial charge on any atom is 0.223 e. The molecule has 2 saturated carbocycles. The van der Waals surface area contributed by atoms with E-state index in [1.165, 1.54) is 11.1 Å². The van der Waals surface area contributed by atoms with Gasteiger partial charge in [0, 0.05) is 48.9 Å². The lowest BCUT2D eigenvalue weighted by Gasteiger charge is -2.20. The Labute approximate surface area is 388 Å². The van der Waals surface area contributed by atoms with Crippen molar-refractivity contribution < 1.29 is 28.8 Å². The zero-order valence-corrected chi connectivity index (χ0v) is 38.5. The average molecular weight is 901 g/mol. The molecule has 2 heterocycles. The number of carbonyl (C=O) groups excluding carboxylic acids is 6. The Morgan fingerprint density at radius 2 is 0.924 bits per heavy atom. The van der Waals surface area contributed by atoms with Crippen molar-refractivity contribution in [3.05, 3.63) is 119 Å². The maximum atomic E-state index is 13.0. The molecule has 352 valence electrons. The van der Waals surface area contributed by atoms with Crippen LogP contribution in [0.3, 0.4) is 0 Å². The van der Waals surface area contributed by atoms with Gasteiger partial charge < -0.3 is 33.6 Å². The number of nitrogens with one attached hydrogen (secondary N) is 2. The summed E-state index contributed by atoms with van der Waals surface area (Å²) in [5.74, 6) is 0.239. The van der Waals surface area contributed by atoms with Crippen LogP contribution in [0.25, 0.3) is 0 Å². The van der Waals surface area contributed by atoms with Crippen LogP contribution in [0, 0.1) is 37.5 Å². The van der Waals surface area contributed by atoms with Crippen LogP contribution < -0.4 is 33.6 Å². The van der Waals surface area contributed by atoms with E-state index in [-0.39, 0.29) is 73.7 Å². The van der Waals surface area contributed by atoms with E-state index in [4.69, 9.17) is 22.9 Å². The number of rotatable bonds is 22. The number of nitrogens with two attached hydrogens (primary N) is 4. The number of primary amides is 2. The second kappa shape index (κ2) is 25.3.